The van der Waals surface area contributed by atoms with Gasteiger partial charge in [0.15, 0.2) is 0 Å². The zero-order chi connectivity index (χ0) is 31.8. The number of carboxylic acids is 1. The van der Waals surface area contributed by atoms with Crippen molar-refractivity contribution in [2.45, 2.75) is 43.4 Å². The van der Waals surface area contributed by atoms with Gasteiger partial charge >= 0.3 is 12.0 Å². The van der Waals surface area contributed by atoms with E-state index in [1.807, 2.05) is 42.5 Å². The molecule has 11 heteroatoms. The lowest BCUT2D eigenvalue weighted by molar-refractivity contribution is -0.142. The van der Waals surface area contributed by atoms with Crippen LogP contribution in [0.15, 0.2) is 83.8 Å². The Kier molecular flexibility index (Phi) is 11.1. The van der Waals surface area contributed by atoms with Crippen LogP contribution < -0.4 is 10.2 Å². The van der Waals surface area contributed by atoms with Crippen molar-refractivity contribution in [1.29, 1.82) is 0 Å². The number of rotatable bonds is 11. The third kappa shape index (κ3) is 8.85. The fourth-order valence-electron chi connectivity index (χ4n) is 6.17. The summed E-state index contributed by atoms with van der Waals surface area (Å²) in [6.45, 7) is 3.95. The molecule has 2 aliphatic rings. The Labute approximate surface area is 270 Å². The average molecular weight is 653 g/mol. The monoisotopic (exact) mass is 652 g/mol. The number of halogens is 1. The van der Waals surface area contributed by atoms with Gasteiger partial charge in [0.2, 0.25) is 10.0 Å². The molecule has 2 fully saturated rings. The maximum Gasteiger partial charge on any atom is 0.326 e. The molecule has 3 aromatic rings. The number of urea groups is 1. The number of sulfonamides is 1. The van der Waals surface area contributed by atoms with Gasteiger partial charge in [0.25, 0.3) is 0 Å². The summed E-state index contributed by atoms with van der Waals surface area (Å²) in [4.78, 5) is 28.9. The van der Waals surface area contributed by atoms with Crippen molar-refractivity contribution in [3.05, 3.63) is 89.4 Å². The van der Waals surface area contributed by atoms with E-state index in [0.717, 1.165) is 56.6 Å². The largest absolute Gasteiger partial charge is 0.481 e. The summed E-state index contributed by atoms with van der Waals surface area (Å²) in [5, 5.41) is 12.8. The Morgan fingerprint density at radius 2 is 1.51 bits per heavy atom. The van der Waals surface area contributed by atoms with Gasteiger partial charge in [-0.2, -0.15) is 4.31 Å². The number of para-hydroxylation sites is 1. The molecule has 2 aliphatic heterocycles. The van der Waals surface area contributed by atoms with E-state index >= 15 is 0 Å². The first-order valence-corrected chi connectivity index (χ1v) is 17.4. The van der Waals surface area contributed by atoms with E-state index in [1.165, 1.54) is 4.31 Å². The quantitative estimate of drug-likeness (QED) is 0.255. The van der Waals surface area contributed by atoms with Crippen LogP contribution in [0.4, 0.5) is 16.2 Å². The highest BCUT2D eigenvalue weighted by molar-refractivity contribution is 7.89. The van der Waals surface area contributed by atoms with Gasteiger partial charge in [-0.15, -0.1) is 0 Å². The number of anilines is 2. The number of carboxylic acid groups (broad SMARTS) is 1. The van der Waals surface area contributed by atoms with Gasteiger partial charge in [-0.1, -0.05) is 41.9 Å². The topological polar surface area (TPSA) is 110 Å². The average Bonchev–Trinajstić information content (AvgIpc) is 3.05. The molecule has 0 atom stereocenters. The van der Waals surface area contributed by atoms with Gasteiger partial charge in [0.05, 0.1) is 10.8 Å². The molecule has 2 saturated heterocycles. The molecule has 0 saturated carbocycles. The summed E-state index contributed by atoms with van der Waals surface area (Å²) in [6.07, 6.45) is 4.57. The van der Waals surface area contributed by atoms with Crippen LogP contribution in [0.5, 0.6) is 0 Å². The number of amides is 2. The van der Waals surface area contributed by atoms with E-state index < -0.39 is 21.9 Å². The van der Waals surface area contributed by atoms with E-state index in [-0.39, 0.29) is 24.0 Å². The third-order valence-electron chi connectivity index (χ3n) is 8.86. The molecule has 2 N–H and O–H groups in total. The molecule has 0 aliphatic carbocycles. The SMILES string of the molecule is O=C(O)C1CCN(S(=O)(=O)c2ccc(CC3CCN(CCCN(C(=O)Nc4ccc(Cl)cc4)c4ccccc4)CC3)cc2)CC1. The first-order valence-electron chi connectivity index (χ1n) is 15.6. The van der Waals surface area contributed by atoms with E-state index in [0.29, 0.717) is 36.0 Å². The summed E-state index contributed by atoms with van der Waals surface area (Å²) in [5.74, 6) is -0.793. The number of carbonyl (C=O) groups is 2. The molecule has 9 nitrogen and oxygen atoms in total. The number of nitrogens with one attached hydrogen (secondary N) is 1. The van der Waals surface area contributed by atoms with Crippen LogP contribution in [-0.4, -0.2) is 74.0 Å². The number of aliphatic carboxylic acids is 1. The lowest BCUT2D eigenvalue weighted by Crippen LogP contribution is -2.40. The highest BCUT2D eigenvalue weighted by Gasteiger charge is 2.32. The standard InChI is InChI=1S/C34H41ClN4O5S/c35-29-9-11-30(12-10-29)36-34(42)39(31-5-2-1-3-6-31)20-4-19-37-21-15-27(16-22-37)25-26-7-13-32(14-8-26)45(43,44)38-23-17-28(18-24-38)33(40)41/h1-3,5-14,27-28H,4,15-25H2,(H,36,42)(H,40,41). The molecule has 3 aromatic carbocycles. The Bertz CT molecular complexity index is 1520. The van der Waals surface area contributed by atoms with E-state index in [9.17, 15) is 23.1 Å². The second kappa shape index (κ2) is 15.2. The molecular weight excluding hydrogens is 612 g/mol. The number of hydrogen-bond donors (Lipinski definition) is 2. The van der Waals surface area contributed by atoms with Crippen molar-refractivity contribution in [2.75, 3.05) is 49.5 Å². The minimum absolute atomic E-state index is 0.177. The summed E-state index contributed by atoms with van der Waals surface area (Å²) in [7, 11) is -3.62. The molecule has 0 unspecified atom stereocenters. The number of benzene rings is 3. The van der Waals surface area contributed by atoms with Crippen molar-refractivity contribution in [3.8, 4) is 0 Å². The van der Waals surface area contributed by atoms with Gasteiger partial charge in [0.1, 0.15) is 0 Å². The molecule has 0 aromatic heterocycles. The Balaban J connectivity index is 1.07. The number of nitrogens with zero attached hydrogens (tertiary/aromatic N) is 3. The van der Waals surface area contributed by atoms with E-state index in [1.54, 1.807) is 41.3 Å². The molecule has 0 radical (unpaired) electrons. The van der Waals surface area contributed by atoms with Gasteiger partial charge in [0, 0.05) is 36.0 Å². The minimum atomic E-state index is -3.62. The van der Waals surface area contributed by atoms with Crippen LogP contribution in [0.2, 0.25) is 5.02 Å². The predicted octanol–water partition coefficient (Wildman–Crippen LogP) is 6.21. The third-order valence-corrected chi connectivity index (χ3v) is 11.0. The molecule has 240 valence electrons. The summed E-state index contributed by atoms with van der Waals surface area (Å²) >= 11 is 5.99. The first kappa shape index (κ1) is 32.9. The van der Waals surface area contributed by atoms with Crippen molar-refractivity contribution >= 4 is 45.0 Å². The molecule has 2 heterocycles. The number of carbonyl (C=O) groups excluding carboxylic acids is 1. The van der Waals surface area contributed by atoms with Crippen molar-refractivity contribution < 1.29 is 23.1 Å². The maximum atomic E-state index is 13.2. The van der Waals surface area contributed by atoms with Crippen LogP contribution in [-0.2, 0) is 21.2 Å². The zero-order valence-electron chi connectivity index (χ0n) is 25.4. The summed E-state index contributed by atoms with van der Waals surface area (Å²) in [5.41, 5.74) is 2.67. The summed E-state index contributed by atoms with van der Waals surface area (Å²) < 4.78 is 27.6. The highest BCUT2D eigenvalue weighted by atomic mass is 35.5. The fourth-order valence-corrected chi connectivity index (χ4v) is 7.77. The van der Waals surface area contributed by atoms with Crippen molar-refractivity contribution in [3.63, 3.8) is 0 Å². The van der Waals surface area contributed by atoms with Crippen LogP contribution in [0.3, 0.4) is 0 Å². The second-order valence-electron chi connectivity index (χ2n) is 11.9. The number of likely N-dealkylation sites (tertiary alicyclic amines) is 1. The predicted molar refractivity (Wildman–Crippen MR) is 177 cm³/mol. The lowest BCUT2D eigenvalue weighted by atomic mass is 9.90. The van der Waals surface area contributed by atoms with E-state index in [4.69, 9.17) is 11.6 Å². The minimum Gasteiger partial charge on any atom is -0.481 e. The second-order valence-corrected chi connectivity index (χ2v) is 14.3. The number of hydrogen-bond acceptors (Lipinski definition) is 5. The highest BCUT2D eigenvalue weighted by Crippen LogP contribution is 2.27. The Hall–Kier alpha value is -3.44. The van der Waals surface area contributed by atoms with Gasteiger partial charge in [-0.3, -0.25) is 9.69 Å². The summed E-state index contributed by atoms with van der Waals surface area (Å²) in [6, 6.07) is 23.8. The zero-order valence-corrected chi connectivity index (χ0v) is 26.9. The fraction of sp³-hybridized carbons (Fsp3) is 0.412. The smallest absolute Gasteiger partial charge is 0.326 e. The van der Waals surface area contributed by atoms with Gasteiger partial charge in [-0.05, 0) is 118 Å². The molecule has 5 rings (SSSR count). The van der Waals surface area contributed by atoms with Crippen LogP contribution in [0.25, 0.3) is 0 Å². The molecule has 0 spiro atoms. The normalized spacial score (nSPS) is 17.2. The van der Waals surface area contributed by atoms with E-state index in [2.05, 4.69) is 10.2 Å². The first-order chi connectivity index (χ1) is 21.7. The lowest BCUT2D eigenvalue weighted by Gasteiger charge is -2.33. The molecule has 45 heavy (non-hydrogen) atoms. The van der Waals surface area contributed by atoms with Crippen LogP contribution in [0.1, 0.15) is 37.7 Å². The molecule has 2 amide bonds. The molecule has 0 bridgehead atoms. The number of piperidine rings is 2. The molecular formula is C34H41ClN4O5S. The van der Waals surface area contributed by atoms with Crippen LogP contribution >= 0.6 is 11.6 Å². The van der Waals surface area contributed by atoms with Gasteiger partial charge < -0.3 is 15.3 Å². The van der Waals surface area contributed by atoms with Crippen molar-refractivity contribution in [2.24, 2.45) is 11.8 Å². The van der Waals surface area contributed by atoms with Crippen LogP contribution in [0, 0.1) is 11.8 Å². The van der Waals surface area contributed by atoms with Crippen molar-refractivity contribution in [1.82, 2.24) is 9.21 Å². The Morgan fingerprint density at radius 1 is 0.867 bits per heavy atom. The maximum absolute atomic E-state index is 13.2. The van der Waals surface area contributed by atoms with Gasteiger partial charge in [-0.25, -0.2) is 13.2 Å². The Morgan fingerprint density at radius 3 is 2.13 bits per heavy atom.